The molecule has 2 N–H and O–H groups in total. The molecule has 1 aromatic carbocycles. The zero-order valence-electron chi connectivity index (χ0n) is 12.8. The molecule has 5 nitrogen and oxygen atoms in total. The predicted molar refractivity (Wildman–Crippen MR) is 82.2 cm³/mol. The van der Waals surface area contributed by atoms with Gasteiger partial charge in [0.1, 0.15) is 5.75 Å². The lowest BCUT2D eigenvalue weighted by Crippen LogP contribution is -2.33. The second kappa shape index (κ2) is 7.75. The van der Waals surface area contributed by atoms with Crippen molar-refractivity contribution >= 4 is 11.6 Å². The van der Waals surface area contributed by atoms with Gasteiger partial charge in [-0.3, -0.25) is 4.79 Å². The Balaban J connectivity index is 2.79. The molecule has 0 aliphatic heterocycles. The van der Waals surface area contributed by atoms with Crippen LogP contribution in [0.2, 0.25) is 0 Å². The number of methoxy groups -OCH3 is 1. The molecule has 0 fully saturated rings. The topological polar surface area (TPSA) is 58.8 Å². The Hall–Kier alpha value is -1.75. The van der Waals surface area contributed by atoms with E-state index in [1.54, 1.807) is 25.3 Å². The first-order valence-corrected chi connectivity index (χ1v) is 6.87. The normalized spacial score (nSPS) is 10.7. The number of anilines is 1. The first-order chi connectivity index (χ1) is 9.49. The Morgan fingerprint density at radius 3 is 2.55 bits per heavy atom. The van der Waals surface area contributed by atoms with Crippen molar-refractivity contribution in [2.75, 3.05) is 46.6 Å². The third-order valence-corrected chi connectivity index (χ3v) is 3.19. The molecule has 0 radical (unpaired) electrons. The Morgan fingerprint density at radius 1 is 1.30 bits per heavy atom. The first kappa shape index (κ1) is 16.3. The molecule has 0 saturated carbocycles. The fourth-order valence-electron chi connectivity index (χ4n) is 2.00. The maximum atomic E-state index is 12.5. The van der Waals surface area contributed by atoms with E-state index in [2.05, 4.69) is 4.90 Å². The van der Waals surface area contributed by atoms with Crippen molar-refractivity contribution in [2.45, 2.75) is 13.3 Å². The minimum absolute atomic E-state index is 0.0392. The van der Waals surface area contributed by atoms with Crippen LogP contribution in [-0.2, 0) is 0 Å². The first-order valence-electron chi connectivity index (χ1n) is 6.87. The Morgan fingerprint density at radius 2 is 2.00 bits per heavy atom. The number of hydrogen-bond acceptors (Lipinski definition) is 4. The van der Waals surface area contributed by atoms with Crippen molar-refractivity contribution < 1.29 is 9.53 Å². The number of nitrogens with two attached hydrogens (primary N) is 1. The third kappa shape index (κ3) is 4.42. The van der Waals surface area contributed by atoms with E-state index in [9.17, 15) is 4.79 Å². The maximum absolute atomic E-state index is 12.5. The monoisotopic (exact) mass is 279 g/mol. The number of hydrogen-bond donors (Lipinski definition) is 1. The van der Waals surface area contributed by atoms with Crippen LogP contribution in [-0.4, -0.2) is 56.5 Å². The largest absolute Gasteiger partial charge is 0.497 e. The number of ether oxygens (including phenoxy) is 1. The summed E-state index contributed by atoms with van der Waals surface area (Å²) < 4.78 is 5.15. The number of carbonyl (C=O) groups is 1. The summed E-state index contributed by atoms with van der Waals surface area (Å²) in [5.41, 5.74) is 6.90. The van der Waals surface area contributed by atoms with Gasteiger partial charge in [-0.2, -0.15) is 0 Å². The molecule has 0 unspecified atom stereocenters. The van der Waals surface area contributed by atoms with Crippen LogP contribution in [0, 0.1) is 0 Å². The molecule has 5 heteroatoms. The van der Waals surface area contributed by atoms with Gasteiger partial charge in [-0.1, -0.05) is 0 Å². The number of carbonyl (C=O) groups excluding carboxylic acids is 1. The van der Waals surface area contributed by atoms with Gasteiger partial charge in [-0.05, 0) is 52.2 Å². The average Bonchev–Trinajstić information content (AvgIpc) is 2.43. The summed E-state index contributed by atoms with van der Waals surface area (Å²) in [5.74, 6) is 0.606. The minimum atomic E-state index is -0.0392. The molecule has 0 heterocycles. The number of benzene rings is 1. The Labute approximate surface area is 121 Å². The SMILES string of the molecule is CCN(CCCN(C)C)C(=O)c1cc(OC)ccc1N. The van der Waals surface area contributed by atoms with E-state index >= 15 is 0 Å². The molecule has 1 rings (SSSR count). The highest BCUT2D eigenvalue weighted by Gasteiger charge is 2.17. The number of nitrogens with zero attached hydrogens (tertiary/aromatic N) is 2. The van der Waals surface area contributed by atoms with Gasteiger partial charge in [0.05, 0.1) is 12.7 Å². The molecule has 0 aliphatic carbocycles. The molecule has 0 bridgehead atoms. The molecule has 0 aromatic heterocycles. The van der Waals surface area contributed by atoms with E-state index in [-0.39, 0.29) is 5.91 Å². The van der Waals surface area contributed by atoms with Crippen LogP contribution in [0.4, 0.5) is 5.69 Å². The predicted octanol–water partition coefficient (Wildman–Crippen LogP) is 1.69. The molecule has 1 amide bonds. The van der Waals surface area contributed by atoms with E-state index in [4.69, 9.17) is 10.5 Å². The zero-order chi connectivity index (χ0) is 15.1. The molecular weight excluding hydrogens is 254 g/mol. The van der Waals surface area contributed by atoms with Gasteiger partial charge in [-0.25, -0.2) is 0 Å². The van der Waals surface area contributed by atoms with Gasteiger partial charge in [-0.15, -0.1) is 0 Å². The highest BCUT2D eigenvalue weighted by atomic mass is 16.5. The molecule has 0 spiro atoms. The molecule has 0 saturated heterocycles. The van der Waals surface area contributed by atoms with Crippen LogP contribution in [0.15, 0.2) is 18.2 Å². The van der Waals surface area contributed by atoms with E-state index in [0.717, 1.165) is 19.5 Å². The Kier molecular flexibility index (Phi) is 6.31. The van der Waals surface area contributed by atoms with Gasteiger partial charge in [0.2, 0.25) is 0 Å². The van der Waals surface area contributed by atoms with Crippen LogP contribution in [0.25, 0.3) is 0 Å². The van der Waals surface area contributed by atoms with Crippen molar-refractivity contribution in [3.63, 3.8) is 0 Å². The molecule has 0 aliphatic rings. The number of nitrogen functional groups attached to an aromatic ring is 1. The van der Waals surface area contributed by atoms with Crippen molar-refractivity contribution in [2.24, 2.45) is 0 Å². The Bertz CT molecular complexity index is 447. The number of amides is 1. The van der Waals surface area contributed by atoms with Crippen molar-refractivity contribution in [3.05, 3.63) is 23.8 Å². The van der Waals surface area contributed by atoms with E-state index < -0.39 is 0 Å². The van der Waals surface area contributed by atoms with Crippen LogP contribution in [0.5, 0.6) is 5.75 Å². The molecule has 0 atom stereocenters. The van der Waals surface area contributed by atoms with E-state index in [0.29, 0.717) is 23.5 Å². The summed E-state index contributed by atoms with van der Waals surface area (Å²) in [6.07, 6.45) is 0.941. The molecule has 1 aromatic rings. The molecular formula is C15H25N3O2. The van der Waals surface area contributed by atoms with Crippen molar-refractivity contribution in [3.8, 4) is 5.75 Å². The second-order valence-electron chi connectivity index (χ2n) is 4.99. The van der Waals surface area contributed by atoms with Gasteiger partial charge in [0.25, 0.3) is 5.91 Å². The van der Waals surface area contributed by atoms with E-state index in [1.165, 1.54) is 0 Å². The lowest BCUT2D eigenvalue weighted by molar-refractivity contribution is 0.0760. The highest BCUT2D eigenvalue weighted by molar-refractivity contribution is 5.99. The summed E-state index contributed by atoms with van der Waals surface area (Å²) in [7, 11) is 5.63. The van der Waals surface area contributed by atoms with Crippen LogP contribution < -0.4 is 10.5 Å². The van der Waals surface area contributed by atoms with Gasteiger partial charge < -0.3 is 20.3 Å². The maximum Gasteiger partial charge on any atom is 0.256 e. The van der Waals surface area contributed by atoms with Crippen LogP contribution in [0.1, 0.15) is 23.7 Å². The fraction of sp³-hybridized carbons (Fsp3) is 0.533. The quantitative estimate of drug-likeness (QED) is 0.772. The van der Waals surface area contributed by atoms with Crippen LogP contribution >= 0.6 is 0 Å². The standard InChI is InChI=1S/C15H25N3O2/c1-5-18(10-6-9-17(2)3)15(19)13-11-12(20-4)7-8-14(13)16/h7-8,11H,5-6,9-10,16H2,1-4H3. The van der Waals surface area contributed by atoms with Crippen LogP contribution in [0.3, 0.4) is 0 Å². The summed E-state index contributed by atoms with van der Waals surface area (Å²) in [6.45, 7) is 4.33. The minimum Gasteiger partial charge on any atom is -0.497 e. The zero-order valence-corrected chi connectivity index (χ0v) is 12.8. The van der Waals surface area contributed by atoms with E-state index in [1.807, 2.05) is 25.9 Å². The van der Waals surface area contributed by atoms with Gasteiger partial charge in [0, 0.05) is 18.8 Å². The smallest absolute Gasteiger partial charge is 0.256 e. The molecule has 112 valence electrons. The summed E-state index contributed by atoms with van der Waals surface area (Å²) in [5, 5.41) is 0. The third-order valence-electron chi connectivity index (χ3n) is 3.19. The average molecular weight is 279 g/mol. The lowest BCUT2D eigenvalue weighted by Gasteiger charge is -2.22. The molecule has 20 heavy (non-hydrogen) atoms. The highest BCUT2D eigenvalue weighted by Crippen LogP contribution is 2.21. The number of rotatable bonds is 7. The second-order valence-corrected chi connectivity index (χ2v) is 4.99. The van der Waals surface area contributed by atoms with Gasteiger partial charge in [0.15, 0.2) is 0 Å². The summed E-state index contributed by atoms with van der Waals surface area (Å²) in [4.78, 5) is 16.4. The lowest BCUT2D eigenvalue weighted by atomic mass is 10.1. The van der Waals surface area contributed by atoms with Crippen molar-refractivity contribution in [1.82, 2.24) is 9.80 Å². The summed E-state index contributed by atoms with van der Waals surface area (Å²) >= 11 is 0. The summed E-state index contributed by atoms with van der Waals surface area (Å²) in [6, 6.07) is 5.17. The van der Waals surface area contributed by atoms with Crippen molar-refractivity contribution in [1.29, 1.82) is 0 Å². The fourth-order valence-corrected chi connectivity index (χ4v) is 2.00. The van der Waals surface area contributed by atoms with Gasteiger partial charge >= 0.3 is 0 Å².